The number of hydrogen-bond donors (Lipinski definition) is 2. The fourth-order valence-corrected chi connectivity index (χ4v) is 2.80. The van der Waals surface area contributed by atoms with Crippen LogP contribution >= 0.6 is 0 Å². The molecular weight excluding hydrogens is 304 g/mol. The summed E-state index contributed by atoms with van der Waals surface area (Å²) in [5, 5.41) is 10.7. The zero-order valence-electron chi connectivity index (χ0n) is 12.9. The number of aromatic nitrogens is 4. The molecule has 0 aliphatic carbocycles. The third-order valence-electron chi connectivity index (χ3n) is 4.04. The van der Waals surface area contributed by atoms with Crippen LogP contribution in [-0.2, 0) is 13.0 Å². The minimum absolute atomic E-state index is 0.111. The molecular formula is C17H16N6O. The lowest BCUT2D eigenvalue weighted by atomic mass is 10.1. The summed E-state index contributed by atoms with van der Waals surface area (Å²) in [4.78, 5) is 22.4. The molecule has 0 saturated heterocycles. The number of para-hydroxylation sites is 1. The van der Waals surface area contributed by atoms with Crippen LogP contribution in [0.5, 0.6) is 0 Å². The number of rotatable bonds is 3. The molecule has 0 atom stereocenters. The number of carbonyl (C=O) groups excluding carboxylic acids is 1. The maximum Gasteiger partial charge on any atom is 0.274 e. The fourth-order valence-electron chi connectivity index (χ4n) is 2.80. The quantitative estimate of drug-likeness (QED) is 0.772. The summed E-state index contributed by atoms with van der Waals surface area (Å²) in [6.45, 7) is 1.13. The van der Waals surface area contributed by atoms with Crippen LogP contribution < -0.4 is 5.32 Å². The van der Waals surface area contributed by atoms with Gasteiger partial charge in [0.2, 0.25) is 0 Å². The SMILES string of the molecule is O=C(c1cnccn1)N1CCc2[nH]nc(Nc3ccccc3)c2C1. The van der Waals surface area contributed by atoms with Crippen molar-refractivity contribution in [1.82, 2.24) is 25.1 Å². The number of nitrogens with one attached hydrogen (secondary N) is 2. The number of nitrogens with zero attached hydrogens (tertiary/aromatic N) is 4. The van der Waals surface area contributed by atoms with E-state index in [9.17, 15) is 4.79 Å². The molecule has 0 fully saturated rings. The molecule has 0 spiro atoms. The molecule has 0 saturated carbocycles. The van der Waals surface area contributed by atoms with E-state index in [1.807, 2.05) is 30.3 Å². The Labute approximate surface area is 138 Å². The number of anilines is 2. The Morgan fingerprint density at radius 1 is 1.21 bits per heavy atom. The highest BCUT2D eigenvalue weighted by atomic mass is 16.2. The maximum absolute atomic E-state index is 12.6. The molecule has 7 heteroatoms. The molecule has 1 aliphatic rings. The van der Waals surface area contributed by atoms with Crippen LogP contribution in [0.15, 0.2) is 48.9 Å². The normalized spacial score (nSPS) is 13.4. The van der Waals surface area contributed by atoms with Crippen LogP contribution in [0.1, 0.15) is 21.7 Å². The van der Waals surface area contributed by atoms with Crippen molar-refractivity contribution in [3.63, 3.8) is 0 Å². The van der Waals surface area contributed by atoms with Crippen LogP contribution in [-0.4, -0.2) is 37.5 Å². The predicted molar refractivity (Wildman–Crippen MR) is 88.8 cm³/mol. The largest absolute Gasteiger partial charge is 0.338 e. The zero-order valence-corrected chi connectivity index (χ0v) is 12.9. The Bertz CT molecular complexity index is 846. The van der Waals surface area contributed by atoms with Gasteiger partial charge in [-0.3, -0.25) is 14.9 Å². The van der Waals surface area contributed by atoms with Crippen LogP contribution in [0.25, 0.3) is 0 Å². The van der Waals surface area contributed by atoms with Gasteiger partial charge in [-0.15, -0.1) is 0 Å². The molecule has 1 aromatic carbocycles. The van der Waals surface area contributed by atoms with Gasteiger partial charge in [-0.2, -0.15) is 5.10 Å². The van der Waals surface area contributed by atoms with Crippen molar-refractivity contribution in [2.75, 3.05) is 11.9 Å². The van der Waals surface area contributed by atoms with Crippen molar-refractivity contribution in [1.29, 1.82) is 0 Å². The highest BCUT2D eigenvalue weighted by Crippen LogP contribution is 2.27. The Morgan fingerprint density at radius 2 is 2.08 bits per heavy atom. The van der Waals surface area contributed by atoms with Crippen molar-refractivity contribution in [2.45, 2.75) is 13.0 Å². The maximum atomic E-state index is 12.6. The van der Waals surface area contributed by atoms with Gasteiger partial charge in [-0.25, -0.2) is 4.98 Å². The van der Waals surface area contributed by atoms with Crippen LogP contribution in [0.3, 0.4) is 0 Å². The fraction of sp³-hybridized carbons (Fsp3) is 0.176. The average molecular weight is 320 g/mol. The van der Waals surface area contributed by atoms with Gasteiger partial charge in [0.05, 0.1) is 12.7 Å². The summed E-state index contributed by atoms with van der Waals surface area (Å²) in [5.41, 5.74) is 3.41. The van der Waals surface area contributed by atoms with Gasteiger partial charge in [0, 0.05) is 42.3 Å². The molecule has 0 bridgehead atoms. The minimum atomic E-state index is -0.111. The summed E-state index contributed by atoms with van der Waals surface area (Å²) in [7, 11) is 0. The zero-order chi connectivity index (χ0) is 16.4. The van der Waals surface area contributed by atoms with Crippen LogP contribution in [0.2, 0.25) is 0 Å². The van der Waals surface area contributed by atoms with Crippen LogP contribution in [0, 0.1) is 0 Å². The number of amides is 1. The molecule has 3 heterocycles. The number of fused-ring (bicyclic) bond motifs is 1. The molecule has 2 N–H and O–H groups in total. The second kappa shape index (κ2) is 6.11. The monoisotopic (exact) mass is 320 g/mol. The summed E-state index contributed by atoms with van der Waals surface area (Å²) < 4.78 is 0. The number of benzene rings is 1. The van der Waals surface area contributed by atoms with E-state index in [0.29, 0.717) is 18.8 Å². The van der Waals surface area contributed by atoms with Gasteiger partial charge in [0.25, 0.3) is 5.91 Å². The van der Waals surface area contributed by atoms with Gasteiger partial charge in [0.1, 0.15) is 5.69 Å². The van der Waals surface area contributed by atoms with Gasteiger partial charge < -0.3 is 10.2 Å². The van der Waals surface area contributed by atoms with Gasteiger partial charge in [0.15, 0.2) is 5.82 Å². The molecule has 0 radical (unpaired) electrons. The summed E-state index contributed by atoms with van der Waals surface area (Å²) >= 11 is 0. The molecule has 2 aromatic heterocycles. The molecule has 7 nitrogen and oxygen atoms in total. The van der Waals surface area contributed by atoms with E-state index in [4.69, 9.17) is 0 Å². The second-order valence-electron chi connectivity index (χ2n) is 5.59. The van der Waals surface area contributed by atoms with Gasteiger partial charge >= 0.3 is 0 Å². The van der Waals surface area contributed by atoms with E-state index in [2.05, 4.69) is 25.5 Å². The minimum Gasteiger partial charge on any atom is -0.338 e. The number of hydrogen-bond acceptors (Lipinski definition) is 5. The summed E-state index contributed by atoms with van der Waals surface area (Å²) in [6.07, 6.45) is 5.33. The molecule has 0 unspecified atom stereocenters. The highest BCUT2D eigenvalue weighted by molar-refractivity contribution is 5.92. The summed E-state index contributed by atoms with van der Waals surface area (Å²) in [5.74, 6) is 0.647. The Balaban J connectivity index is 1.56. The van der Waals surface area contributed by atoms with Crippen molar-refractivity contribution in [3.05, 3.63) is 65.9 Å². The molecule has 1 aliphatic heterocycles. The van der Waals surface area contributed by atoms with E-state index in [1.165, 1.54) is 12.4 Å². The van der Waals surface area contributed by atoms with Gasteiger partial charge in [-0.05, 0) is 12.1 Å². The molecule has 1 amide bonds. The second-order valence-corrected chi connectivity index (χ2v) is 5.59. The first-order valence-electron chi connectivity index (χ1n) is 7.75. The molecule has 4 rings (SSSR count). The van der Waals surface area contributed by atoms with E-state index in [1.54, 1.807) is 11.1 Å². The number of aromatic amines is 1. The lowest BCUT2D eigenvalue weighted by Crippen LogP contribution is -2.36. The first kappa shape index (κ1) is 14.4. The predicted octanol–water partition coefficient (Wildman–Crippen LogP) is 2.14. The lowest BCUT2D eigenvalue weighted by Gasteiger charge is -2.26. The Morgan fingerprint density at radius 3 is 2.88 bits per heavy atom. The first-order chi connectivity index (χ1) is 11.8. The van der Waals surface area contributed by atoms with E-state index >= 15 is 0 Å². The third-order valence-corrected chi connectivity index (χ3v) is 4.04. The smallest absolute Gasteiger partial charge is 0.274 e. The number of carbonyl (C=O) groups is 1. The van der Waals surface area contributed by atoms with E-state index in [0.717, 1.165) is 29.2 Å². The van der Waals surface area contributed by atoms with E-state index in [-0.39, 0.29) is 5.91 Å². The summed E-state index contributed by atoms with van der Waals surface area (Å²) in [6, 6.07) is 9.85. The highest BCUT2D eigenvalue weighted by Gasteiger charge is 2.26. The van der Waals surface area contributed by atoms with Crippen LogP contribution in [0.4, 0.5) is 11.5 Å². The van der Waals surface area contributed by atoms with Gasteiger partial charge in [-0.1, -0.05) is 18.2 Å². The van der Waals surface area contributed by atoms with Crippen molar-refractivity contribution < 1.29 is 4.79 Å². The molecule has 3 aromatic rings. The standard InChI is InChI=1S/C17H16N6O/c24-17(15-10-18-7-8-19-15)23-9-6-14-13(11-23)16(22-21-14)20-12-4-2-1-3-5-12/h1-5,7-8,10H,6,9,11H2,(H2,20,21,22). The molecule has 120 valence electrons. The van der Waals surface area contributed by atoms with Crippen molar-refractivity contribution in [3.8, 4) is 0 Å². The molecule has 24 heavy (non-hydrogen) atoms. The first-order valence-corrected chi connectivity index (χ1v) is 7.75. The van der Waals surface area contributed by atoms with Crippen molar-refractivity contribution in [2.24, 2.45) is 0 Å². The lowest BCUT2D eigenvalue weighted by molar-refractivity contribution is 0.0728. The number of H-pyrrole nitrogens is 1. The average Bonchev–Trinajstić information content (AvgIpc) is 3.05. The Hall–Kier alpha value is -3.22. The topological polar surface area (TPSA) is 86.8 Å². The van der Waals surface area contributed by atoms with E-state index < -0.39 is 0 Å². The Kier molecular flexibility index (Phi) is 3.66. The third kappa shape index (κ3) is 2.71. The van der Waals surface area contributed by atoms with Crippen molar-refractivity contribution >= 4 is 17.4 Å².